The first-order valence-corrected chi connectivity index (χ1v) is 11.0. The Hall–Kier alpha value is -1.67. The van der Waals surface area contributed by atoms with Crippen LogP contribution in [0.15, 0.2) is 58.5 Å². The molecule has 144 valence electrons. The van der Waals surface area contributed by atoms with Gasteiger partial charge in [0.1, 0.15) is 5.75 Å². The van der Waals surface area contributed by atoms with Crippen molar-refractivity contribution in [3.63, 3.8) is 0 Å². The summed E-state index contributed by atoms with van der Waals surface area (Å²) in [4.78, 5) is 3.15. The predicted molar refractivity (Wildman–Crippen MR) is 112 cm³/mol. The van der Waals surface area contributed by atoms with Crippen LogP contribution in [0, 0.1) is 0 Å². The van der Waals surface area contributed by atoms with Gasteiger partial charge in [0.25, 0.3) is 10.0 Å². The minimum Gasteiger partial charge on any atom is -0.497 e. The fourth-order valence-corrected chi connectivity index (χ4v) is 5.22. The largest absolute Gasteiger partial charge is 0.497 e. The number of halogens is 1. The maximum absolute atomic E-state index is 13.3. The molecule has 0 aliphatic heterocycles. The normalized spacial score (nSPS) is 13.3. The van der Waals surface area contributed by atoms with Crippen molar-refractivity contribution in [2.45, 2.75) is 22.1 Å². The third-order valence-electron chi connectivity index (χ3n) is 4.34. The van der Waals surface area contributed by atoms with Crippen LogP contribution in [0.4, 0.5) is 0 Å². The zero-order valence-corrected chi connectivity index (χ0v) is 17.9. The highest BCUT2D eigenvalue weighted by molar-refractivity contribution is 8.00. The number of fused-ring (bicyclic) bond motifs is 1. The number of aromatic nitrogens is 1. The zero-order chi connectivity index (χ0) is 19.8. The summed E-state index contributed by atoms with van der Waals surface area (Å²) in [5, 5.41) is 1.53. The lowest BCUT2D eigenvalue weighted by molar-refractivity contribution is 0.402. The molecule has 0 bridgehead atoms. The molecule has 1 atom stereocenters. The van der Waals surface area contributed by atoms with Crippen LogP contribution in [0.2, 0.25) is 5.02 Å². The Labute approximate surface area is 168 Å². The van der Waals surface area contributed by atoms with Crippen LogP contribution in [-0.2, 0) is 10.0 Å². The van der Waals surface area contributed by atoms with Gasteiger partial charge in [-0.15, -0.1) is 11.8 Å². The number of hydrogen-bond donors (Lipinski definition) is 0. The van der Waals surface area contributed by atoms with E-state index in [0.29, 0.717) is 16.3 Å². The fraction of sp³-hybridized carbons (Fsp3) is 0.263. The molecule has 0 radical (unpaired) electrons. The maximum atomic E-state index is 13.3. The summed E-state index contributed by atoms with van der Waals surface area (Å²) in [6.45, 7) is 2.07. The van der Waals surface area contributed by atoms with E-state index in [9.17, 15) is 8.42 Å². The standard InChI is InChI=1S/C19H21ClN2O3S2/c1-13(21(2)3)26-19-12-22(18-11-14(20)5-10-17(18)19)27(23,24)16-8-6-15(25-4)7-9-16/h5-13H,1-4H3. The summed E-state index contributed by atoms with van der Waals surface area (Å²) in [6, 6.07) is 11.7. The van der Waals surface area contributed by atoms with Gasteiger partial charge < -0.3 is 4.74 Å². The van der Waals surface area contributed by atoms with Crippen LogP contribution in [0.3, 0.4) is 0 Å². The van der Waals surface area contributed by atoms with Gasteiger partial charge in [0, 0.05) is 21.5 Å². The molecule has 0 saturated carbocycles. The van der Waals surface area contributed by atoms with E-state index in [-0.39, 0.29) is 10.3 Å². The predicted octanol–water partition coefficient (Wildman–Crippen LogP) is 4.54. The van der Waals surface area contributed by atoms with Crippen molar-refractivity contribution in [3.05, 3.63) is 53.7 Å². The maximum Gasteiger partial charge on any atom is 0.268 e. The summed E-state index contributed by atoms with van der Waals surface area (Å²) in [5.74, 6) is 0.602. The lowest BCUT2D eigenvalue weighted by Crippen LogP contribution is -2.20. The van der Waals surface area contributed by atoms with Gasteiger partial charge in [-0.05, 0) is 57.4 Å². The second-order valence-corrected chi connectivity index (χ2v) is 9.92. The Morgan fingerprint density at radius 1 is 1.15 bits per heavy atom. The van der Waals surface area contributed by atoms with Gasteiger partial charge in [0.05, 0.1) is 22.9 Å². The van der Waals surface area contributed by atoms with Crippen molar-refractivity contribution in [1.82, 2.24) is 8.87 Å². The summed E-state index contributed by atoms with van der Waals surface area (Å²) in [6.07, 6.45) is 1.67. The molecule has 0 aliphatic rings. The molecule has 0 fully saturated rings. The molecule has 5 nitrogen and oxygen atoms in total. The van der Waals surface area contributed by atoms with Gasteiger partial charge in [0.2, 0.25) is 0 Å². The summed E-state index contributed by atoms with van der Waals surface area (Å²) in [5.41, 5.74) is 0.562. The minimum absolute atomic E-state index is 0.184. The van der Waals surface area contributed by atoms with Gasteiger partial charge in [-0.1, -0.05) is 17.7 Å². The average molecular weight is 425 g/mol. The van der Waals surface area contributed by atoms with E-state index >= 15 is 0 Å². The number of benzene rings is 2. The smallest absolute Gasteiger partial charge is 0.268 e. The molecule has 1 heterocycles. The molecule has 0 amide bonds. The molecule has 0 spiro atoms. The summed E-state index contributed by atoms with van der Waals surface area (Å²) < 4.78 is 32.9. The van der Waals surface area contributed by atoms with Crippen molar-refractivity contribution in [3.8, 4) is 5.75 Å². The third kappa shape index (κ3) is 3.96. The quantitative estimate of drug-likeness (QED) is 0.429. The van der Waals surface area contributed by atoms with Crippen molar-refractivity contribution in [2.75, 3.05) is 21.2 Å². The molecule has 0 saturated heterocycles. The Kier molecular flexibility index (Phi) is 5.76. The van der Waals surface area contributed by atoms with Gasteiger partial charge >= 0.3 is 0 Å². The number of ether oxygens (including phenoxy) is 1. The van der Waals surface area contributed by atoms with Crippen LogP contribution < -0.4 is 4.74 Å². The Bertz CT molecular complexity index is 1060. The zero-order valence-electron chi connectivity index (χ0n) is 15.5. The molecular formula is C19H21ClN2O3S2. The number of nitrogens with zero attached hydrogens (tertiary/aromatic N) is 2. The topological polar surface area (TPSA) is 51.5 Å². The highest BCUT2D eigenvalue weighted by Gasteiger charge is 2.23. The van der Waals surface area contributed by atoms with Crippen LogP contribution in [0.1, 0.15) is 6.92 Å². The second-order valence-electron chi connectivity index (χ2n) is 6.31. The summed E-state index contributed by atoms with van der Waals surface area (Å²) in [7, 11) is 1.75. The van der Waals surface area contributed by atoms with E-state index in [1.807, 2.05) is 20.2 Å². The van der Waals surface area contributed by atoms with E-state index in [1.165, 1.54) is 3.97 Å². The van der Waals surface area contributed by atoms with E-state index in [1.54, 1.807) is 61.5 Å². The fourth-order valence-electron chi connectivity index (χ4n) is 2.58. The Balaban J connectivity index is 2.16. The number of rotatable bonds is 6. The van der Waals surface area contributed by atoms with Gasteiger partial charge in [0.15, 0.2) is 0 Å². The number of thioether (sulfide) groups is 1. The van der Waals surface area contributed by atoms with Crippen LogP contribution in [-0.4, -0.2) is 43.9 Å². The molecule has 8 heteroatoms. The molecule has 3 aromatic rings. The Morgan fingerprint density at radius 3 is 2.41 bits per heavy atom. The SMILES string of the molecule is COc1ccc(S(=O)(=O)n2cc(SC(C)N(C)C)c3ccc(Cl)cc32)cc1. The van der Waals surface area contributed by atoms with Crippen molar-refractivity contribution in [2.24, 2.45) is 0 Å². The van der Waals surface area contributed by atoms with E-state index < -0.39 is 10.0 Å². The lowest BCUT2D eigenvalue weighted by Gasteiger charge is -2.18. The summed E-state index contributed by atoms with van der Waals surface area (Å²) >= 11 is 7.75. The van der Waals surface area contributed by atoms with Crippen molar-refractivity contribution < 1.29 is 13.2 Å². The molecule has 27 heavy (non-hydrogen) atoms. The highest BCUT2D eigenvalue weighted by atomic mass is 35.5. The Morgan fingerprint density at radius 2 is 1.81 bits per heavy atom. The van der Waals surface area contributed by atoms with Crippen LogP contribution in [0.5, 0.6) is 5.75 Å². The average Bonchev–Trinajstić information content (AvgIpc) is 3.00. The van der Waals surface area contributed by atoms with Gasteiger partial charge in [-0.3, -0.25) is 4.90 Å². The van der Waals surface area contributed by atoms with Crippen LogP contribution >= 0.6 is 23.4 Å². The third-order valence-corrected chi connectivity index (χ3v) is 7.60. The van der Waals surface area contributed by atoms with E-state index in [0.717, 1.165) is 10.3 Å². The molecule has 2 aromatic carbocycles. The molecule has 1 unspecified atom stereocenters. The molecule has 0 aliphatic carbocycles. The molecule has 0 N–H and O–H groups in total. The molecule has 3 rings (SSSR count). The number of hydrogen-bond acceptors (Lipinski definition) is 5. The first-order chi connectivity index (χ1) is 12.7. The number of methoxy groups -OCH3 is 1. The van der Waals surface area contributed by atoms with Crippen molar-refractivity contribution >= 4 is 44.3 Å². The van der Waals surface area contributed by atoms with Crippen LogP contribution in [0.25, 0.3) is 10.9 Å². The molecule has 1 aromatic heterocycles. The molecular weight excluding hydrogens is 404 g/mol. The van der Waals surface area contributed by atoms with Gasteiger partial charge in [-0.25, -0.2) is 12.4 Å². The highest BCUT2D eigenvalue weighted by Crippen LogP contribution is 2.36. The minimum atomic E-state index is -3.77. The first-order valence-electron chi connectivity index (χ1n) is 8.27. The first kappa shape index (κ1) is 20.1. The monoisotopic (exact) mass is 424 g/mol. The van der Waals surface area contributed by atoms with E-state index in [2.05, 4.69) is 11.8 Å². The van der Waals surface area contributed by atoms with E-state index in [4.69, 9.17) is 16.3 Å². The van der Waals surface area contributed by atoms with Crippen molar-refractivity contribution in [1.29, 1.82) is 0 Å². The second kappa shape index (κ2) is 7.75. The van der Waals surface area contributed by atoms with Gasteiger partial charge in [-0.2, -0.15) is 0 Å². The lowest BCUT2D eigenvalue weighted by atomic mass is 10.2.